The molecule has 474 valence electrons. The van der Waals surface area contributed by atoms with Crippen LogP contribution in [0.25, 0.3) is 215 Å². The fourth-order valence-electron chi connectivity index (χ4n) is 15.6. The molecule has 0 fully saturated rings. The van der Waals surface area contributed by atoms with Crippen molar-refractivity contribution in [2.45, 2.75) is 0 Å². The summed E-state index contributed by atoms with van der Waals surface area (Å²) >= 11 is 7.36. The van der Waals surface area contributed by atoms with Crippen molar-refractivity contribution in [3.63, 3.8) is 0 Å². The minimum Gasteiger partial charge on any atom is -0.309 e. The molecule has 0 aliphatic rings. The summed E-state index contributed by atoms with van der Waals surface area (Å²) < 4.78 is 14.7. The van der Waals surface area contributed by atoms with Crippen molar-refractivity contribution < 1.29 is 0 Å². The van der Waals surface area contributed by atoms with Crippen molar-refractivity contribution in [1.82, 2.24) is 39.0 Å². The van der Waals surface area contributed by atoms with E-state index in [9.17, 15) is 0 Å². The Morgan fingerprint density at radius 3 is 1.11 bits per heavy atom. The molecule has 102 heavy (non-hydrogen) atoms. The lowest BCUT2D eigenvalue weighted by Crippen LogP contribution is -2.00. The molecule has 0 saturated carbocycles. The van der Waals surface area contributed by atoms with E-state index in [1.807, 2.05) is 99.9 Å². The lowest BCUT2D eigenvalue weighted by molar-refractivity contribution is 1.08. The number of hydrogen-bond donors (Lipinski definition) is 0. The summed E-state index contributed by atoms with van der Waals surface area (Å²) in [6, 6.07) is 109. The van der Waals surface area contributed by atoms with Gasteiger partial charge in [0.25, 0.3) is 0 Å². The fourth-order valence-corrected chi connectivity index (χ4v) is 20.4. The van der Waals surface area contributed by atoms with Crippen LogP contribution in [0.5, 0.6) is 0 Å². The van der Waals surface area contributed by atoms with E-state index in [4.69, 9.17) is 29.9 Å². The minimum absolute atomic E-state index is 0.616. The molecule has 0 aliphatic carbocycles. The average molecular weight is 1370 g/mol. The van der Waals surface area contributed by atoms with E-state index in [0.29, 0.717) is 34.9 Å². The lowest BCUT2D eigenvalue weighted by Gasteiger charge is -2.11. The third-order valence-corrected chi connectivity index (χ3v) is 25.0. The highest BCUT2D eigenvalue weighted by Gasteiger charge is 2.24. The second-order valence-corrected chi connectivity index (χ2v) is 30.2. The van der Waals surface area contributed by atoms with Crippen molar-refractivity contribution in [2.24, 2.45) is 0 Å². The molecule has 0 radical (unpaired) electrons. The Morgan fingerprint density at radius 2 is 0.559 bits per heavy atom. The van der Waals surface area contributed by atoms with Crippen LogP contribution in [0.4, 0.5) is 0 Å². The molecule has 8 nitrogen and oxygen atoms in total. The van der Waals surface area contributed by atoms with Gasteiger partial charge in [-0.3, -0.25) is 0 Å². The number of rotatable bonds is 9. The standard InChI is InChI=1S/C90H50N8S4/c1-4-18-52(19-5-1)85-91-86(53-20-6-2-7-21-53)95-90(94-85)67-30-17-28-65-79-77(101-83(65)67)47-46-76-80(79)68-49-58(40-43-74(68)99-76)98-72-33-15-12-26-61(72)62-41-38-56(48-73(62)98)51-34-36-55(37-35-51)88-92-87(54-22-8-3-9-23-54)93-89(96-88)66-29-16-27-63-64-42-45-78-81(84(64)102-82(63)66)69-50-57(39-44-75(69)100-78)97-70-31-13-10-24-59(70)60-25-11-14-32-71(60)97/h1-50H. The molecule has 0 unspecified atom stereocenters. The van der Waals surface area contributed by atoms with E-state index in [0.717, 1.165) is 76.3 Å². The summed E-state index contributed by atoms with van der Waals surface area (Å²) in [6.45, 7) is 0. The third-order valence-electron chi connectivity index (χ3n) is 20.3. The topological polar surface area (TPSA) is 87.2 Å². The highest BCUT2D eigenvalue weighted by Crippen LogP contribution is 2.50. The van der Waals surface area contributed by atoms with Crippen LogP contribution < -0.4 is 0 Å². The van der Waals surface area contributed by atoms with Crippen molar-refractivity contribution in [2.75, 3.05) is 0 Å². The molecule has 0 aliphatic heterocycles. The van der Waals surface area contributed by atoms with E-state index in [1.165, 1.54) is 104 Å². The SMILES string of the molecule is c1ccc(-c2nc(-c3ccc(-c4ccc5c6ccccc6n(-c6ccc7sc8ccc9sc%10c(-c%11nc(-c%12ccccc%12)nc(-c%12ccccc%12)n%11)cccc%10c9c8c7c6)c5c4)cc3)nc(-c3cccc4c3sc3c4ccc4sc5ccc(-n6c7ccccc7c7ccccc76)cc5c43)n2)cc1. The first-order chi connectivity index (χ1) is 50.5. The van der Waals surface area contributed by atoms with Crippen LogP contribution in [0.3, 0.4) is 0 Å². The van der Waals surface area contributed by atoms with Crippen LogP contribution >= 0.6 is 45.3 Å². The van der Waals surface area contributed by atoms with Gasteiger partial charge in [0.05, 0.1) is 22.1 Å². The van der Waals surface area contributed by atoms with Crippen molar-refractivity contribution >= 4 is 170 Å². The Morgan fingerprint density at radius 1 is 0.196 bits per heavy atom. The maximum atomic E-state index is 5.41. The Hall–Kier alpha value is -12.4. The van der Waals surface area contributed by atoms with Gasteiger partial charge < -0.3 is 9.13 Å². The van der Waals surface area contributed by atoms with E-state index in [2.05, 4.69) is 258 Å². The molecule has 0 atom stereocenters. The number of nitrogens with zero attached hydrogens (tertiary/aromatic N) is 8. The lowest BCUT2D eigenvalue weighted by atomic mass is 10.0. The number of thiophene rings is 4. The first-order valence-corrected chi connectivity index (χ1v) is 37.2. The third kappa shape index (κ3) is 8.90. The summed E-state index contributed by atoms with van der Waals surface area (Å²) in [5.74, 6) is 3.83. The van der Waals surface area contributed by atoms with E-state index >= 15 is 0 Å². The predicted octanol–water partition coefficient (Wildman–Crippen LogP) is 25.4. The van der Waals surface area contributed by atoms with Crippen molar-refractivity contribution in [3.8, 4) is 90.8 Å². The van der Waals surface area contributed by atoms with Gasteiger partial charge in [0, 0.05) is 147 Å². The molecular weight excluding hydrogens is 1320 g/mol. The Kier molecular flexibility index (Phi) is 12.7. The molecule has 8 aromatic heterocycles. The average Bonchev–Trinajstić information content (AvgIpc) is 1.57. The summed E-state index contributed by atoms with van der Waals surface area (Å²) in [6.07, 6.45) is 0. The molecule has 22 aromatic rings. The summed E-state index contributed by atoms with van der Waals surface area (Å²) in [5.41, 5.74) is 14.9. The molecule has 0 amide bonds. The van der Waals surface area contributed by atoms with Crippen molar-refractivity contribution in [3.05, 3.63) is 303 Å². The molecule has 14 aromatic carbocycles. The van der Waals surface area contributed by atoms with Gasteiger partial charge in [-0.05, 0) is 102 Å². The highest BCUT2D eigenvalue weighted by molar-refractivity contribution is 7.30. The number of benzene rings is 14. The smallest absolute Gasteiger partial charge is 0.165 e. The quantitative estimate of drug-likeness (QED) is 0.143. The van der Waals surface area contributed by atoms with Gasteiger partial charge in [0.2, 0.25) is 0 Å². The van der Waals surface area contributed by atoms with Gasteiger partial charge in [-0.25, -0.2) is 29.9 Å². The van der Waals surface area contributed by atoms with Crippen LogP contribution in [-0.2, 0) is 0 Å². The van der Waals surface area contributed by atoms with Crippen LogP contribution in [0.15, 0.2) is 303 Å². The molecule has 0 N–H and O–H groups in total. The molecule has 22 rings (SSSR count). The molecule has 8 heterocycles. The number of hydrogen-bond acceptors (Lipinski definition) is 10. The van der Waals surface area contributed by atoms with Gasteiger partial charge in [-0.1, -0.05) is 212 Å². The second kappa shape index (κ2) is 22.5. The number of para-hydroxylation sites is 3. The van der Waals surface area contributed by atoms with Crippen LogP contribution in [0, 0.1) is 0 Å². The maximum absolute atomic E-state index is 5.41. The number of fused-ring (bicyclic) bond motifs is 20. The van der Waals surface area contributed by atoms with Gasteiger partial charge in [0.15, 0.2) is 34.9 Å². The zero-order chi connectivity index (χ0) is 66.7. The molecule has 0 saturated heterocycles. The Bertz CT molecular complexity index is 7140. The first-order valence-electron chi connectivity index (χ1n) is 34.0. The largest absolute Gasteiger partial charge is 0.309 e. The minimum atomic E-state index is 0.616. The van der Waals surface area contributed by atoms with Crippen molar-refractivity contribution in [1.29, 1.82) is 0 Å². The Labute approximate surface area is 598 Å². The van der Waals surface area contributed by atoms with E-state index in [1.54, 1.807) is 0 Å². The molecule has 0 spiro atoms. The van der Waals surface area contributed by atoms with Crippen LogP contribution in [0.1, 0.15) is 0 Å². The summed E-state index contributed by atoms with van der Waals surface area (Å²) in [5, 5.41) is 14.8. The Balaban J connectivity index is 0.642. The molecule has 12 heteroatoms. The zero-order valence-electron chi connectivity index (χ0n) is 54.1. The van der Waals surface area contributed by atoms with E-state index in [-0.39, 0.29) is 0 Å². The first kappa shape index (κ1) is 57.5. The predicted molar refractivity (Wildman–Crippen MR) is 431 cm³/mol. The normalized spacial score (nSPS) is 12.1. The van der Waals surface area contributed by atoms with Gasteiger partial charge in [-0.15, -0.1) is 45.3 Å². The number of aromatic nitrogens is 8. The fraction of sp³-hybridized carbons (Fsp3) is 0. The maximum Gasteiger partial charge on any atom is 0.165 e. The van der Waals surface area contributed by atoms with Gasteiger partial charge >= 0.3 is 0 Å². The summed E-state index contributed by atoms with van der Waals surface area (Å²) in [7, 11) is 0. The second-order valence-electron chi connectivity index (χ2n) is 26.0. The highest BCUT2D eigenvalue weighted by atomic mass is 32.1. The van der Waals surface area contributed by atoms with Gasteiger partial charge in [0.1, 0.15) is 0 Å². The molecular formula is C90H50N8S4. The van der Waals surface area contributed by atoms with Crippen LogP contribution in [-0.4, -0.2) is 39.0 Å². The zero-order valence-corrected chi connectivity index (χ0v) is 57.3. The van der Waals surface area contributed by atoms with Crippen LogP contribution in [0.2, 0.25) is 0 Å². The van der Waals surface area contributed by atoms with Gasteiger partial charge in [-0.2, -0.15) is 0 Å². The molecule has 0 bridgehead atoms. The van der Waals surface area contributed by atoms with E-state index < -0.39 is 0 Å². The monoisotopic (exact) mass is 1370 g/mol. The summed E-state index contributed by atoms with van der Waals surface area (Å²) in [4.78, 5) is 31.4.